The predicted octanol–water partition coefficient (Wildman–Crippen LogP) is 0.919. The number of ketones is 1. The minimum atomic E-state index is -0.815. The molecule has 0 aromatic carbocycles. The molecule has 0 aromatic heterocycles. The molecule has 0 saturated carbocycles. The molecule has 0 spiro atoms. The number of hydrogen-bond acceptors (Lipinski definition) is 3. The van der Waals surface area contributed by atoms with Gasteiger partial charge in [0.25, 0.3) is 0 Å². The first-order valence-electron chi connectivity index (χ1n) is 4.02. The van der Waals surface area contributed by atoms with E-state index in [1.165, 1.54) is 6.08 Å². The minimum absolute atomic E-state index is 0.0694. The average molecular weight is 172 g/mol. The zero-order valence-electron chi connectivity index (χ0n) is 7.67. The van der Waals surface area contributed by atoms with Crippen LogP contribution in [0.3, 0.4) is 0 Å². The summed E-state index contributed by atoms with van der Waals surface area (Å²) in [6.07, 6.45) is 1.83. The molecule has 12 heavy (non-hydrogen) atoms. The predicted molar refractivity (Wildman–Crippen MR) is 46.9 cm³/mol. The van der Waals surface area contributed by atoms with E-state index in [9.17, 15) is 4.79 Å². The van der Waals surface area contributed by atoms with Crippen molar-refractivity contribution in [3.05, 3.63) is 12.7 Å². The molecule has 0 aliphatic carbocycles. The van der Waals surface area contributed by atoms with Gasteiger partial charge in [0, 0.05) is 0 Å². The fourth-order valence-corrected chi connectivity index (χ4v) is 0.834. The second kappa shape index (κ2) is 5.06. The molecule has 1 unspecified atom stereocenters. The summed E-state index contributed by atoms with van der Waals surface area (Å²) < 4.78 is 5.21. The molecule has 0 radical (unpaired) electrons. The van der Waals surface area contributed by atoms with Crippen LogP contribution in [0.25, 0.3) is 0 Å². The molecule has 0 fully saturated rings. The van der Waals surface area contributed by atoms with Crippen LogP contribution in [-0.4, -0.2) is 29.7 Å². The highest BCUT2D eigenvalue weighted by Gasteiger charge is 2.29. The zero-order valence-corrected chi connectivity index (χ0v) is 7.67. The fraction of sp³-hybridized carbons (Fsp3) is 0.667. The Hall–Kier alpha value is -0.670. The standard InChI is InChI=1S/C9H16O3/c1-4-8(11)9(3,5-2)12-7-6-10/h4,10H,1,5-7H2,2-3H3. The van der Waals surface area contributed by atoms with Crippen LogP contribution in [0.15, 0.2) is 12.7 Å². The van der Waals surface area contributed by atoms with Crippen LogP contribution in [0, 0.1) is 0 Å². The lowest BCUT2D eigenvalue weighted by atomic mass is 9.97. The second-order valence-electron chi connectivity index (χ2n) is 2.72. The van der Waals surface area contributed by atoms with E-state index in [2.05, 4.69) is 6.58 Å². The number of carbonyl (C=O) groups is 1. The van der Waals surface area contributed by atoms with Gasteiger partial charge in [0.2, 0.25) is 0 Å². The van der Waals surface area contributed by atoms with Crippen molar-refractivity contribution in [2.24, 2.45) is 0 Å². The summed E-state index contributed by atoms with van der Waals surface area (Å²) >= 11 is 0. The Bertz CT molecular complexity index is 165. The van der Waals surface area contributed by atoms with Crippen molar-refractivity contribution in [3.63, 3.8) is 0 Å². The lowest BCUT2D eigenvalue weighted by Crippen LogP contribution is -2.37. The van der Waals surface area contributed by atoms with Crippen LogP contribution < -0.4 is 0 Å². The van der Waals surface area contributed by atoms with Crippen molar-refractivity contribution in [2.45, 2.75) is 25.9 Å². The number of aliphatic hydroxyl groups is 1. The summed E-state index contributed by atoms with van der Waals surface area (Å²) in [6, 6.07) is 0. The first kappa shape index (κ1) is 11.3. The number of ether oxygens (including phenoxy) is 1. The third-order valence-corrected chi connectivity index (χ3v) is 1.89. The van der Waals surface area contributed by atoms with Crippen molar-refractivity contribution in [1.29, 1.82) is 0 Å². The Labute approximate surface area is 73.0 Å². The van der Waals surface area contributed by atoms with E-state index in [-0.39, 0.29) is 19.0 Å². The highest BCUT2D eigenvalue weighted by Crippen LogP contribution is 2.16. The molecule has 0 aliphatic rings. The summed E-state index contributed by atoms with van der Waals surface area (Å²) in [5.41, 5.74) is -0.815. The SMILES string of the molecule is C=CC(=O)C(C)(CC)OCCO. The Morgan fingerprint density at radius 3 is 2.67 bits per heavy atom. The summed E-state index contributed by atoms with van der Waals surface area (Å²) in [6.45, 7) is 7.07. The average Bonchev–Trinajstić information content (AvgIpc) is 2.12. The molecule has 3 nitrogen and oxygen atoms in total. The molecular weight excluding hydrogens is 156 g/mol. The summed E-state index contributed by atoms with van der Waals surface area (Å²) in [5.74, 6) is -0.140. The maximum absolute atomic E-state index is 11.2. The Kier molecular flexibility index (Phi) is 4.78. The molecule has 3 heteroatoms. The minimum Gasteiger partial charge on any atom is -0.394 e. The highest BCUT2D eigenvalue weighted by molar-refractivity contribution is 5.96. The Balaban J connectivity index is 4.22. The molecular formula is C9H16O3. The topological polar surface area (TPSA) is 46.5 Å². The first-order chi connectivity index (χ1) is 5.60. The fourth-order valence-electron chi connectivity index (χ4n) is 0.834. The molecule has 70 valence electrons. The van der Waals surface area contributed by atoms with Gasteiger partial charge in [-0.1, -0.05) is 13.5 Å². The summed E-state index contributed by atoms with van der Waals surface area (Å²) in [4.78, 5) is 11.2. The van der Waals surface area contributed by atoms with Gasteiger partial charge >= 0.3 is 0 Å². The molecule has 0 bridgehead atoms. The van der Waals surface area contributed by atoms with Crippen molar-refractivity contribution in [2.75, 3.05) is 13.2 Å². The normalized spacial score (nSPS) is 15.2. The smallest absolute Gasteiger partial charge is 0.186 e. The van der Waals surface area contributed by atoms with Gasteiger partial charge in [0.1, 0.15) is 5.60 Å². The molecule has 0 heterocycles. The maximum atomic E-state index is 11.2. The number of rotatable bonds is 6. The van der Waals surface area contributed by atoms with Crippen molar-refractivity contribution >= 4 is 5.78 Å². The van der Waals surface area contributed by atoms with E-state index in [4.69, 9.17) is 9.84 Å². The maximum Gasteiger partial charge on any atom is 0.186 e. The van der Waals surface area contributed by atoms with Crippen LogP contribution in [0.4, 0.5) is 0 Å². The van der Waals surface area contributed by atoms with Gasteiger partial charge in [-0.2, -0.15) is 0 Å². The van der Waals surface area contributed by atoms with Gasteiger partial charge in [-0.25, -0.2) is 0 Å². The number of aliphatic hydroxyl groups excluding tert-OH is 1. The van der Waals surface area contributed by atoms with Crippen molar-refractivity contribution in [1.82, 2.24) is 0 Å². The molecule has 1 N–H and O–H groups in total. The van der Waals surface area contributed by atoms with Crippen LogP contribution >= 0.6 is 0 Å². The quantitative estimate of drug-likeness (QED) is 0.606. The largest absolute Gasteiger partial charge is 0.394 e. The van der Waals surface area contributed by atoms with Crippen LogP contribution in [0.5, 0.6) is 0 Å². The molecule has 0 amide bonds. The van der Waals surface area contributed by atoms with Crippen molar-refractivity contribution < 1.29 is 14.6 Å². The van der Waals surface area contributed by atoms with Crippen LogP contribution in [0.2, 0.25) is 0 Å². The van der Waals surface area contributed by atoms with Crippen LogP contribution in [-0.2, 0) is 9.53 Å². The van der Waals surface area contributed by atoms with E-state index < -0.39 is 5.60 Å². The van der Waals surface area contributed by atoms with Gasteiger partial charge in [-0.15, -0.1) is 0 Å². The lowest BCUT2D eigenvalue weighted by Gasteiger charge is -2.25. The Morgan fingerprint density at radius 1 is 1.75 bits per heavy atom. The van der Waals surface area contributed by atoms with Gasteiger partial charge in [0.15, 0.2) is 5.78 Å². The molecule has 1 atom stereocenters. The molecule has 0 aromatic rings. The number of carbonyl (C=O) groups excluding carboxylic acids is 1. The molecule has 0 rings (SSSR count). The van der Waals surface area contributed by atoms with E-state index in [1.54, 1.807) is 6.92 Å². The third-order valence-electron chi connectivity index (χ3n) is 1.89. The molecule has 0 aliphatic heterocycles. The van der Waals surface area contributed by atoms with Crippen molar-refractivity contribution in [3.8, 4) is 0 Å². The van der Waals surface area contributed by atoms with E-state index in [0.29, 0.717) is 6.42 Å². The molecule has 0 saturated heterocycles. The van der Waals surface area contributed by atoms with E-state index in [0.717, 1.165) is 0 Å². The third kappa shape index (κ3) is 2.75. The van der Waals surface area contributed by atoms with E-state index >= 15 is 0 Å². The monoisotopic (exact) mass is 172 g/mol. The zero-order chi connectivity index (χ0) is 9.61. The summed E-state index contributed by atoms with van der Waals surface area (Å²) in [7, 11) is 0. The van der Waals surface area contributed by atoms with Gasteiger partial charge in [0.05, 0.1) is 13.2 Å². The van der Waals surface area contributed by atoms with Gasteiger partial charge in [-0.05, 0) is 19.4 Å². The van der Waals surface area contributed by atoms with Gasteiger partial charge < -0.3 is 9.84 Å². The second-order valence-corrected chi connectivity index (χ2v) is 2.72. The summed E-state index contributed by atoms with van der Waals surface area (Å²) in [5, 5.41) is 8.52. The van der Waals surface area contributed by atoms with Gasteiger partial charge in [-0.3, -0.25) is 4.79 Å². The highest BCUT2D eigenvalue weighted by atomic mass is 16.5. The van der Waals surface area contributed by atoms with Crippen LogP contribution in [0.1, 0.15) is 20.3 Å². The van der Waals surface area contributed by atoms with E-state index in [1.807, 2.05) is 6.92 Å². The number of hydrogen-bond donors (Lipinski definition) is 1. The first-order valence-corrected chi connectivity index (χ1v) is 4.02. The Morgan fingerprint density at radius 2 is 2.33 bits per heavy atom. The lowest BCUT2D eigenvalue weighted by molar-refractivity contribution is -0.138.